The number of benzene rings is 2. The van der Waals surface area contributed by atoms with E-state index >= 15 is 0 Å². The molecule has 0 spiro atoms. The molecule has 0 radical (unpaired) electrons. The maximum Gasteiger partial charge on any atom is 0.193 e. The van der Waals surface area contributed by atoms with Crippen LogP contribution in [0.1, 0.15) is 11.6 Å². The number of hydrogen-bond acceptors (Lipinski definition) is 2. The molecule has 0 aromatic heterocycles. The third-order valence-corrected chi connectivity index (χ3v) is 3.34. The molecule has 22 heavy (non-hydrogen) atoms. The second-order valence-corrected chi connectivity index (χ2v) is 5.25. The van der Waals surface area contributed by atoms with Crippen molar-refractivity contribution in [1.29, 1.82) is 0 Å². The Bertz CT molecular complexity index is 626. The summed E-state index contributed by atoms with van der Waals surface area (Å²) in [4.78, 5) is 6.36. The van der Waals surface area contributed by atoms with Gasteiger partial charge in [0.15, 0.2) is 5.96 Å². The number of halogens is 1. The second-order valence-electron chi connectivity index (χ2n) is 5.25. The molecule has 116 valence electrons. The van der Waals surface area contributed by atoms with E-state index in [2.05, 4.69) is 10.3 Å². The standard InChI is InChI=1S/C17H21FN4/c1-22(2)16(13-7-6-8-14(18)11-13)12-20-17(19)21-15-9-4-3-5-10-15/h3-11,16H,12H2,1-2H3,(H3,19,20,21). The molecule has 1 unspecified atom stereocenters. The van der Waals surface area contributed by atoms with Crippen molar-refractivity contribution in [1.82, 2.24) is 4.90 Å². The third-order valence-electron chi connectivity index (χ3n) is 3.34. The van der Waals surface area contributed by atoms with Crippen molar-refractivity contribution in [3.8, 4) is 0 Å². The van der Waals surface area contributed by atoms with Gasteiger partial charge in [0.05, 0.1) is 12.6 Å². The van der Waals surface area contributed by atoms with Crippen LogP contribution in [-0.2, 0) is 0 Å². The van der Waals surface area contributed by atoms with Crippen molar-refractivity contribution in [2.75, 3.05) is 26.0 Å². The van der Waals surface area contributed by atoms with E-state index in [9.17, 15) is 4.39 Å². The average Bonchev–Trinajstić information content (AvgIpc) is 2.48. The van der Waals surface area contributed by atoms with Crippen LogP contribution < -0.4 is 11.1 Å². The number of nitrogens with two attached hydrogens (primary N) is 1. The fourth-order valence-electron chi connectivity index (χ4n) is 2.17. The Balaban J connectivity index is 2.07. The zero-order valence-corrected chi connectivity index (χ0v) is 12.8. The number of nitrogens with one attached hydrogen (secondary N) is 1. The highest BCUT2D eigenvalue weighted by Crippen LogP contribution is 2.19. The van der Waals surface area contributed by atoms with Gasteiger partial charge in [-0.05, 0) is 43.9 Å². The molecule has 2 rings (SSSR count). The molecule has 4 nitrogen and oxygen atoms in total. The predicted molar refractivity (Wildman–Crippen MR) is 89.4 cm³/mol. The van der Waals surface area contributed by atoms with Crippen LogP contribution in [0, 0.1) is 5.82 Å². The topological polar surface area (TPSA) is 53.6 Å². The first kappa shape index (κ1) is 16.0. The third kappa shape index (κ3) is 4.56. The van der Waals surface area contributed by atoms with E-state index in [-0.39, 0.29) is 11.9 Å². The van der Waals surface area contributed by atoms with Gasteiger partial charge in [-0.1, -0.05) is 30.3 Å². The van der Waals surface area contributed by atoms with E-state index in [4.69, 9.17) is 5.73 Å². The van der Waals surface area contributed by atoms with E-state index in [1.165, 1.54) is 12.1 Å². The Labute approximate surface area is 130 Å². The Morgan fingerprint density at radius 3 is 2.55 bits per heavy atom. The SMILES string of the molecule is CN(C)C(CN=C(N)Nc1ccccc1)c1cccc(F)c1. The number of guanidine groups is 1. The van der Waals surface area contributed by atoms with Gasteiger partial charge >= 0.3 is 0 Å². The van der Waals surface area contributed by atoms with Crippen molar-refractivity contribution in [2.45, 2.75) is 6.04 Å². The van der Waals surface area contributed by atoms with Gasteiger partial charge in [-0.15, -0.1) is 0 Å². The van der Waals surface area contributed by atoms with Crippen molar-refractivity contribution in [3.05, 3.63) is 66.0 Å². The van der Waals surface area contributed by atoms with Crippen LogP contribution in [-0.4, -0.2) is 31.5 Å². The molecule has 0 aliphatic carbocycles. The molecule has 0 aliphatic rings. The van der Waals surface area contributed by atoms with Gasteiger partial charge < -0.3 is 16.0 Å². The minimum atomic E-state index is -0.247. The van der Waals surface area contributed by atoms with Gasteiger partial charge in [0.2, 0.25) is 0 Å². The Hall–Kier alpha value is -2.40. The monoisotopic (exact) mass is 300 g/mol. The van der Waals surface area contributed by atoms with E-state index in [1.807, 2.05) is 55.4 Å². The maximum absolute atomic E-state index is 13.4. The van der Waals surface area contributed by atoms with Crippen LogP contribution in [0.4, 0.5) is 10.1 Å². The van der Waals surface area contributed by atoms with Crippen molar-refractivity contribution >= 4 is 11.6 Å². The number of aliphatic imine (C=N–C) groups is 1. The van der Waals surface area contributed by atoms with E-state index in [0.29, 0.717) is 12.5 Å². The summed E-state index contributed by atoms with van der Waals surface area (Å²) in [6, 6.07) is 16.1. The lowest BCUT2D eigenvalue weighted by atomic mass is 10.1. The first-order chi connectivity index (χ1) is 10.6. The molecule has 1 atom stereocenters. The molecule has 0 saturated carbocycles. The minimum absolute atomic E-state index is 0.0353. The lowest BCUT2D eigenvalue weighted by molar-refractivity contribution is 0.306. The quantitative estimate of drug-likeness (QED) is 0.659. The van der Waals surface area contributed by atoms with Gasteiger partial charge in [-0.25, -0.2) is 4.39 Å². The molecule has 0 fully saturated rings. The summed E-state index contributed by atoms with van der Waals surface area (Å²) in [5.74, 6) is 0.0955. The summed E-state index contributed by atoms with van der Waals surface area (Å²) in [6.45, 7) is 0.447. The van der Waals surface area contributed by atoms with Crippen LogP contribution in [0.3, 0.4) is 0 Å². The fraction of sp³-hybridized carbons (Fsp3) is 0.235. The molecule has 0 heterocycles. The summed E-state index contributed by atoms with van der Waals surface area (Å²) >= 11 is 0. The molecule has 0 amide bonds. The van der Waals surface area contributed by atoms with E-state index in [0.717, 1.165) is 11.3 Å². The molecule has 2 aromatic rings. The van der Waals surface area contributed by atoms with Gasteiger partial charge in [0.25, 0.3) is 0 Å². The smallest absolute Gasteiger partial charge is 0.193 e. The van der Waals surface area contributed by atoms with E-state index in [1.54, 1.807) is 6.07 Å². The maximum atomic E-state index is 13.4. The number of hydrogen-bond donors (Lipinski definition) is 2. The highest BCUT2D eigenvalue weighted by Gasteiger charge is 2.14. The first-order valence-corrected chi connectivity index (χ1v) is 7.10. The average molecular weight is 300 g/mol. The fourth-order valence-corrected chi connectivity index (χ4v) is 2.17. The summed E-state index contributed by atoms with van der Waals surface area (Å²) in [6.07, 6.45) is 0. The van der Waals surface area contributed by atoms with Crippen molar-refractivity contribution < 1.29 is 4.39 Å². The van der Waals surface area contributed by atoms with Crippen molar-refractivity contribution in [3.63, 3.8) is 0 Å². The normalized spacial score (nSPS) is 13.2. The first-order valence-electron chi connectivity index (χ1n) is 7.10. The molecule has 5 heteroatoms. The highest BCUT2D eigenvalue weighted by atomic mass is 19.1. The molecule has 3 N–H and O–H groups in total. The molecular formula is C17H21FN4. The molecular weight excluding hydrogens is 279 g/mol. The van der Waals surface area contributed by atoms with Gasteiger partial charge in [-0.2, -0.15) is 0 Å². The highest BCUT2D eigenvalue weighted by molar-refractivity contribution is 5.92. The van der Waals surface area contributed by atoms with Crippen LogP contribution in [0.2, 0.25) is 0 Å². The molecule has 2 aromatic carbocycles. The summed E-state index contributed by atoms with van der Waals surface area (Å²) in [7, 11) is 3.87. The lowest BCUT2D eigenvalue weighted by Gasteiger charge is -2.23. The number of para-hydroxylation sites is 1. The number of rotatable bonds is 5. The number of nitrogens with zero attached hydrogens (tertiary/aromatic N) is 2. The van der Waals surface area contributed by atoms with Gasteiger partial charge in [0, 0.05) is 5.69 Å². The van der Waals surface area contributed by atoms with Crippen molar-refractivity contribution in [2.24, 2.45) is 10.7 Å². The summed E-state index contributed by atoms with van der Waals surface area (Å²) < 4.78 is 13.4. The van der Waals surface area contributed by atoms with E-state index < -0.39 is 0 Å². The lowest BCUT2D eigenvalue weighted by Crippen LogP contribution is -2.27. The minimum Gasteiger partial charge on any atom is -0.370 e. The Morgan fingerprint density at radius 1 is 1.18 bits per heavy atom. The Kier molecular flexibility index (Phi) is 5.49. The Morgan fingerprint density at radius 2 is 1.91 bits per heavy atom. The van der Waals surface area contributed by atoms with Crippen LogP contribution in [0.5, 0.6) is 0 Å². The summed E-state index contributed by atoms with van der Waals surface area (Å²) in [5, 5.41) is 3.03. The zero-order chi connectivity index (χ0) is 15.9. The zero-order valence-electron chi connectivity index (χ0n) is 12.8. The van der Waals surface area contributed by atoms with Crippen LogP contribution in [0.15, 0.2) is 59.6 Å². The summed E-state index contributed by atoms with van der Waals surface area (Å²) in [5.41, 5.74) is 7.67. The van der Waals surface area contributed by atoms with Gasteiger partial charge in [0.1, 0.15) is 5.82 Å². The second kappa shape index (κ2) is 7.56. The number of likely N-dealkylation sites (N-methyl/N-ethyl adjacent to an activating group) is 1. The molecule has 0 saturated heterocycles. The van der Waals surface area contributed by atoms with Gasteiger partial charge in [-0.3, -0.25) is 4.99 Å². The molecule has 0 aliphatic heterocycles. The van der Waals surface area contributed by atoms with Crippen LogP contribution >= 0.6 is 0 Å². The predicted octanol–water partition coefficient (Wildman–Crippen LogP) is 2.86. The largest absolute Gasteiger partial charge is 0.370 e. The van der Waals surface area contributed by atoms with Crippen LogP contribution in [0.25, 0.3) is 0 Å². The molecule has 0 bridgehead atoms. The number of anilines is 1.